The first kappa shape index (κ1) is 13.8. The van der Waals surface area contributed by atoms with Crippen LogP contribution in [0.5, 0.6) is 0 Å². The molecule has 0 aliphatic carbocycles. The fourth-order valence-electron chi connectivity index (χ4n) is 2.88. The maximum Gasteiger partial charge on any atom is 0.292 e. The second-order valence-corrected chi connectivity index (χ2v) is 5.48. The number of nitrogens with zero attached hydrogens (tertiary/aromatic N) is 2. The predicted molar refractivity (Wildman–Crippen MR) is 76.3 cm³/mol. The molecule has 2 rings (SSSR count). The van der Waals surface area contributed by atoms with E-state index in [0.717, 1.165) is 24.6 Å². The van der Waals surface area contributed by atoms with Crippen LogP contribution in [0.4, 0.5) is 11.4 Å². The fourth-order valence-corrected chi connectivity index (χ4v) is 2.88. The van der Waals surface area contributed by atoms with E-state index in [1.807, 2.05) is 12.1 Å². The Hall–Kier alpha value is -1.62. The highest BCUT2D eigenvalue weighted by molar-refractivity contribution is 5.62. The Morgan fingerprint density at radius 1 is 1.47 bits per heavy atom. The molecule has 0 radical (unpaired) electrons. The molecule has 1 aliphatic rings. The minimum atomic E-state index is -0.351. The number of hydrogen-bond acceptors (Lipinski definition) is 4. The standard InChI is InChI=1S/C14H21N3O2/c1-10-6-11(2)16(8-10)9-12-4-5-14(17(18)19)13(7-12)15-3/h4-5,7,10-11,15H,6,8-9H2,1-3H3. The van der Waals surface area contributed by atoms with Gasteiger partial charge < -0.3 is 5.32 Å². The molecule has 1 aliphatic heterocycles. The molecule has 19 heavy (non-hydrogen) atoms. The monoisotopic (exact) mass is 263 g/mol. The van der Waals surface area contributed by atoms with Gasteiger partial charge in [0.15, 0.2) is 0 Å². The summed E-state index contributed by atoms with van der Waals surface area (Å²) < 4.78 is 0. The summed E-state index contributed by atoms with van der Waals surface area (Å²) in [6.07, 6.45) is 1.23. The molecular weight excluding hydrogens is 242 g/mol. The number of rotatable bonds is 4. The topological polar surface area (TPSA) is 58.4 Å². The molecule has 0 amide bonds. The molecule has 104 valence electrons. The zero-order valence-corrected chi connectivity index (χ0v) is 11.7. The zero-order chi connectivity index (χ0) is 14.0. The Morgan fingerprint density at radius 2 is 2.21 bits per heavy atom. The highest BCUT2D eigenvalue weighted by Crippen LogP contribution is 2.28. The molecule has 1 heterocycles. The quantitative estimate of drug-likeness (QED) is 0.670. The summed E-state index contributed by atoms with van der Waals surface area (Å²) in [6, 6.07) is 5.91. The molecule has 0 bridgehead atoms. The van der Waals surface area contributed by atoms with E-state index in [9.17, 15) is 10.1 Å². The van der Waals surface area contributed by atoms with Gasteiger partial charge in [-0.3, -0.25) is 15.0 Å². The molecule has 2 unspecified atom stereocenters. The van der Waals surface area contributed by atoms with Crippen LogP contribution in [0.2, 0.25) is 0 Å². The first-order valence-electron chi connectivity index (χ1n) is 6.70. The van der Waals surface area contributed by atoms with Gasteiger partial charge in [-0.05, 0) is 30.9 Å². The third-order valence-electron chi connectivity index (χ3n) is 3.83. The van der Waals surface area contributed by atoms with Crippen molar-refractivity contribution in [2.45, 2.75) is 32.9 Å². The molecular formula is C14H21N3O2. The van der Waals surface area contributed by atoms with Crippen molar-refractivity contribution in [3.63, 3.8) is 0 Å². The summed E-state index contributed by atoms with van der Waals surface area (Å²) in [5.41, 5.74) is 1.84. The van der Waals surface area contributed by atoms with Gasteiger partial charge in [0, 0.05) is 32.2 Å². The minimum Gasteiger partial charge on any atom is -0.383 e. The molecule has 0 spiro atoms. The van der Waals surface area contributed by atoms with Crippen molar-refractivity contribution in [3.05, 3.63) is 33.9 Å². The Balaban J connectivity index is 2.15. The number of anilines is 1. The fraction of sp³-hybridized carbons (Fsp3) is 0.571. The maximum atomic E-state index is 10.9. The zero-order valence-electron chi connectivity index (χ0n) is 11.7. The van der Waals surface area contributed by atoms with E-state index >= 15 is 0 Å². The highest BCUT2D eigenvalue weighted by atomic mass is 16.6. The van der Waals surface area contributed by atoms with Gasteiger partial charge in [0.2, 0.25) is 0 Å². The summed E-state index contributed by atoms with van der Waals surface area (Å²) in [7, 11) is 1.71. The molecule has 0 saturated carbocycles. The normalized spacial score (nSPS) is 23.5. The number of hydrogen-bond donors (Lipinski definition) is 1. The van der Waals surface area contributed by atoms with Gasteiger partial charge >= 0.3 is 0 Å². The van der Waals surface area contributed by atoms with E-state index < -0.39 is 0 Å². The molecule has 2 atom stereocenters. The Kier molecular flexibility index (Phi) is 4.04. The number of nitro groups is 1. The third-order valence-corrected chi connectivity index (χ3v) is 3.83. The first-order chi connectivity index (χ1) is 9.01. The molecule has 1 fully saturated rings. The van der Waals surface area contributed by atoms with Crippen LogP contribution in [0.15, 0.2) is 18.2 Å². The number of likely N-dealkylation sites (tertiary alicyclic amines) is 1. The van der Waals surface area contributed by atoms with Crippen LogP contribution in [-0.2, 0) is 6.54 Å². The third kappa shape index (κ3) is 3.04. The average molecular weight is 263 g/mol. The molecule has 5 nitrogen and oxygen atoms in total. The van der Waals surface area contributed by atoms with Crippen LogP contribution in [-0.4, -0.2) is 29.5 Å². The van der Waals surface area contributed by atoms with E-state index in [-0.39, 0.29) is 10.6 Å². The van der Waals surface area contributed by atoms with Gasteiger partial charge in [-0.2, -0.15) is 0 Å². The van der Waals surface area contributed by atoms with Crippen LogP contribution in [0.25, 0.3) is 0 Å². The van der Waals surface area contributed by atoms with Crippen molar-refractivity contribution >= 4 is 11.4 Å². The predicted octanol–water partition coefficient (Wildman–Crippen LogP) is 2.87. The van der Waals surface area contributed by atoms with Crippen LogP contribution in [0, 0.1) is 16.0 Å². The second kappa shape index (κ2) is 5.57. The van der Waals surface area contributed by atoms with Gasteiger partial charge in [-0.25, -0.2) is 0 Å². The number of benzene rings is 1. The van der Waals surface area contributed by atoms with Gasteiger partial charge in [0.25, 0.3) is 5.69 Å². The van der Waals surface area contributed by atoms with Crippen molar-refractivity contribution in [1.82, 2.24) is 4.90 Å². The van der Waals surface area contributed by atoms with Crippen molar-refractivity contribution in [3.8, 4) is 0 Å². The lowest BCUT2D eigenvalue weighted by atomic mass is 10.1. The lowest BCUT2D eigenvalue weighted by Crippen LogP contribution is -2.26. The average Bonchev–Trinajstić information content (AvgIpc) is 2.67. The number of nitrogens with one attached hydrogen (secondary N) is 1. The van der Waals surface area contributed by atoms with Crippen molar-refractivity contribution in [2.24, 2.45) is 5.92 Å². The number of nitro benzene ring substituents is 1. The lowest BCUT2D eigenvalue weighted by Gasteiger charge is -2.21. The van der Waals surface area contributed by atoms with Crippen LogP contribution < -0.4 is 5.32 Å². The van der Waals surface area contributed by atoms with Gasteiger partial charge in [-0.15, -0.1) is 0 Å². The van der Waals surface area contributed by atoms with Gasteiger partial charge in [0.05, 0.1) is 4.92 Å². The van der Waals surface area contributed by atoms with E-state index in [4.69, 9.17) is 0 Å². The smallest absolute Gasteiger partial charge is 0.292 e. The van der Waals surface area contributed by atoms with Crippen LogP contribution in [0.3, 0.4) is 0 Å². The molecule has 1 aromatic carbocycles. The molecule has 0 aromatic heterocycles. The summed E-state index contributed by atoms with van der Waals surface area (Å²) in [5.74, 6) is 0.733. The lowest BCUT2D eigenvalue weighted by molar-refractivity contribution is -0.384. The van der Waals surface area contributed by atoms with Crippen molar-refractivity contribution in [2.75, 3.05) is 18.9 Å². The summed E-state index contributed by atoms with van der Waals surface area (Å²) in [6.45, 7) is 6.48. The SMILES string of the molecule is CNc1cc(CN2CC(C)CC2C)ccc1[N+](=O)[O-]. The van der Waals surface area contributed by atoms with Gasteiger partial charge in [-0.1, -0.05) is 13.0 Å². The van der Waals surface area contributed by atoms with E-state index in [2.05, 4.69) is 24.1 Å². The first-order valence-corrected chi connectivity index (χ1v) is 6.70. The molecule has 1 aromatic rings. The minimum absolute atomic E-state index is 0.133. The molecule has 1 saturated heterocycles. The maximum absolute atomic E-state index is 10.9. The summed E-state index contributed by atoms with van der Waals surface area (Å²) in [5, 5.41) is 13.8. The van der Waals surface area contributed by atoms with E-state index in [1.165, 1.54) is 6.42 Å². The van der Waals surface area contributed by atoms with Crippen LogP contribution >= 0.6 is 0 Å². The second-order valence-electron chi connectivity index (χ2n) is 5.48. The Labute approximate surface area is 113 Å². The Morgan fingerprint density at radius 3 is 2.74 bits per heavy atom. The van der Waals surface area contributed by atoms with E-state index in [1.54, 1.807) is 13.1 Å². The van der Waals surface area contributed by atoms with Crippen molar-refractivity contribution in [1.29, 1.82) is 0 Å². The largest absolute Gasteiger partial charge is 0.383 e. The van der Waals surface area contributed by atoms with Crippen LogP contribution in [0.1, 0.15) is 25.8 Å². The summed E-state index contributed by atoms with van der Waals surface area (Å²) in [4.78, 5) is 13.0. The van der Waals surface area contributed by atoms with Gasteiger partial charge in [0.1, 0.15) is 5.69 Å². The van der Waals surface area contributed by atoms with Crippen molar-refractivity contribution < 1.29 is 4.92 Å². The highest BCUT2D eigenvalue weighted by Gasteiger charge is 2.26. The molecule has 1 N–H and O–H groups in total. The molecule has 5 heteroatoms. The summed E-state index contributed by atoms with van der Waals surface area (Å²) >= 11 is 0. The van der Waals surface area contributed by atoms with E-state index in [0.29, 0.717) is 11.7 Å². The Bertz CT molecular complexity index is 476.